The summed E-state index contributed by atoms with van der Waals surface area (Å²) in [5, 5.41) is 12.0. The van der Waals surface area contributed by atoms with Crippen molar-refractivity contribution in [3.63, 3.8) is 0 Å². The Kier molecular flexibility index (Phi) is 4.14. The lowest BCUT2D eigenvalue weighted by atomic mass is 9.34. The maximum absolute atomic E-state index is 6.72. The Hall–Kier alpha value is -6.72. The van der Waals surface area contributed by atoms with E-state index >= 15 is 0 Å². The summed E-state index contributed by atoms with van der Waals surface area (Å²) in [6.07, 6.45) is 0. The van der Waals surface area contributed by atoms with Gasteiger partial charge in [-0.3, -0.25) is 0 Å². The van der Waals surface area contributed by atoms with Crippen LogP contribution in [0.4, 0.5) is 0 Å². The summed E-state index contributed by atoms with van der Waals surface area (Å²) in [6.45, 7) is 0.0654. The van der Waals surface area contributed by atoms with E-state index in [2.05, 4.69) is 143 Å². The molecule has 2 aliphatic rings. The molecule has 4 nitrogen and oxygen atoms in total. The van der Waals surface area contributed by atoms with Crippen LogP contribution in [0.1, 0.15) is 0 Å². The number of aromatic nitrogens is 2. The van der Waals surface area contributed by atoms with E-state index in [1.54, 1.807) is 0 Å². The first-order valence-electron chi connectivity index (χ1n) is 17.6. The Morgan fingerprint density at radius 1 is 0.431 bits per heavy atom. The van der Waals surface area contributed by atoms with Crippen LogP contribution in [0.2, 0.25) is 0 Å². The Labute approximate surface area is 289 Å². The first kappa shape index (κ1) is 25.3. The van der Waals surface area contributed by atoms with E-state index in [-0.39, 0.29) is 6.71 Å². The van der Waals surface area contributed by atoms with Crippen molar-refractivity contribution in [2.45, 2.75) is 0 Å². The number of fused-ring (bicyclic) bond motifs is 19. The first-order chi connectivity index (χ1) is 25.3. The van der Waals surface area contributed by atoms with Gasteiger partial charge >= 0.3 is 0 Å². The molecular weight excluding hydrogens is 623 g/mol. The quantitative estimate of drug-likeness (QED) is 0.154. The molecule has 8 aromatic carbocycles. The highest BCUT2D eigenvalue weighted by molar-refractivity contribution is 7.00. The minimum absolute atomic E-state index is 0.0654. The van der Waals surface area contributed by atoms with E-state index in [1.165, 1.54) is 82.1 Å². The maximum atomic E-state index is 6.72. The van der Waals surface area contributed by atoms with Crippen molar-refractivity contribution >= 4 is 121 Å². The minimum Gasteiger partial charge on any atom is -0.456 e. The van der Waals surface area contributed by atoms with Crippen LogP contribution in [-0.4, -0.2) is 15.8 Å². The molecule has 0 fully saturated rings. The van der Waals surface area contributed by atoms with Gasteiger partial charge in [-0.15, -0.1) is 0 Å². The van der Waals surface area contributed by atoms with E-state index < -0.39 is 0 Å². The first-order valence-corrected chi connectivity index (χ1v) is 17.6. The van der Waals surface area contributed by atoms with Crippen LogP contribution in [0.5, 0.6) is 0 Å². The summed E-state index contributed by atoms with van der Waals surface area (Å²) in [6, 6.07) is 51.1. The fourth-order valence-corrected chi connectivity index (χ4v) is 10.1. The average Bonchev–Trinajstić information content (AvgIpc) is 3.92. The van der Waals surface area contributed by atoms with Crippen molar-refractivity contribution in [1.82, 2.24) is 9.13 Å². The predicted molar refractivity (Wildman–Crippen MR) is 212 cm³/mol. The molecule has 5 heteroatoms. The van der Waals surface area contributed by atoms with Crippen LogP contribution in [0.3, 0.4) is 0 Å². The molecule has 0 spiro atoms. The van der Waals surface area contributed by atoms with E-state index in [0.29, 0.717) is 0 Å². The van der Waals surface area contributed by atoms with Gasteiger partial charge in [0.05, 0.1) is 22.1 Å². The fourth-order valence-electron chi connectivity index (χ4n) is 10.1. The molecule has 4 aromatic heterocycles. The molecule has 12 aromatic rings. The SMILES string of the molecule is c1ccc2c3c4c(cc2c1)-n1c2cc5oc6ccccc6c5cc2c2cccc(c21)B4c1cccc2c4c5oc6ccccc6c5ccc4n-3c12. The lowest BCUT2D eigenvalue weighted by Gasteiger charge is -2.34. The van der Waals surface area contributed by atoms with E-state index in [1.807, 2.05) is 6.07 Å². The molecule has 6 heterocycles. The van der Waals surface area contributed by atoms with Crippen LogP contribution >= 0.6 is 0 Å². The monoisotopic (exact) mass is 646 g/mol. The normalized spacial score (nSPS) is 13.5. The predicted octanol–water partition coefficient (Wildman–Crippen LogP) is 9.98. The molecule has 0 aliphatic carbocycles. The van der Waals surface area contributed by atoms with Crippen LogP contribution in [0, 0.1) is 0 Å². The fraction of sp³-hybridized carbons (Fsp3) is 0. The van der Waals surface area contributed by atoms with Gasteiger partial charge in [0.15, 0.2) is 0 Å². The van der Waals surface area contributed by atoms with E-state index in [9.17, 15) is 0 Å². The second kappa shape index (κ2) is 8.35. The highest BCUT2D eigenvalue weighted by Crippen LogP contribution is 2.45. The summed E-state index contributed by atoms with van der Waals surface area (Å²) in [4.78, 5) is 0. The summed E-state index contributed by atoms with van der Waals surface area (Å²) in [5.74, 6) is 0. The molecule has 0 saturated carbocycles. The lowest BCUT2D eigenvalue weighted by Crippen LogP contribution is -2.59. The number of nitrogens with zero attached hydrogens (tertiary/aromatic N) is 2. The van der Waals surface area contributed by atoms with Crippen LogP contribution < -0.4 is 16.4 Å². The molecular formula is C46H23BN2O2. The van der Waals surface area contributed by atoms with Gasteiger partial charge < -0.3 is 18.0 Å². The van der Waals surface area contributed by atoms with Crippen LogP contribution in [0.15, 0.2) is 148 Å². The molecule has 51 heavy (non-hydrogen) atoms. The van der Waals surface area contributed by atoms with Crippen molar-refractivity contribution in [2.24, 2.45) is 0 Å². The third kappa shape index (κ3) is 2.77. The second-order valence-corrected chi connectivity index (χ2v) is 14.4. The average molecular weight is 647 g/mol. The van der Waals surface area contributed by atoms with Gasteiger partial charge in [0.1, 0.15) is 22.3 Å². The highest BCUT2D eigenvalue weighted by atomic mass is 16.3. The second-order valence-electron chi connectivity index (χ2n) is 14.4. The van der Waals surface area contributed by atoms with Gasteiger partial charge in [-0.1, -0.05) is 97.1 Å². The molecule has 2 aliphatic heterocycles. The van der Waals surface area contributed by atoms with E-state index in [0.717, 1.165) is 43.9 Å². The smallest absolute Gasteiger partial charge is 0.252 e. The zero-order valence-electron chi connectivity index (χ0n) is 27.1. The van der Waals surface area contributed by atoms with Gasteiger partial charge in [0.2, 0.25) is 0 Å². The number of furan rings is 2. The van der Waals surface area contributed by atoms with Gasteiger partial charge in [0.25, 0.3) is 6.71 Å². The summed E-state index contributed by atoms with van der Waals surface area (Å²) < 4.78 is 18.3. The zero-order chi connectivity index (χ0) is 32.7. The van der Waals surface area contributed by atoms with Gasteiger partial charge in [-0.2, -0.15) is 0 Å². The molecule has 0 unspecified atom stereocenters. The highest BCUT2D eigenvalue weighted by Gasteiger charge is 2.41. The molecule has 0 N–H and O–H groups in total. The van der Waals surface area contributed by atoms with Crippen molar-refractivity contribution in [3.8, 4) is 11.4 Å². The van der Waals surface area contributed by atoms with Gasteiger partial charge in [-0.25, -0.2) is 0 Å². The summed E-state index contributed by atoms with van der Waals surface area (Å²) in [5.41, 5.74) is 15.1. The third-order valence-electron chi connectivity index (χ3n) is 12.1. The minimum atomic E-state index is 0.0654. The van der Waals surface area contributed by atoms with Gasteiger partial charge in [0, 0.05) is 65.9 Å². The Bertz CT molecular complexity index is 3610. The van der Waals surface area contributed by atoms with Crippen molar-refractivity contribution in [3.05, 3.63) is 140 Å². The molecule has 0 amide bonds. The molecule has 232 valence electrons. The Morgan fingerprint density at radius 3 is 1.96 bits per heavy atom. The number of benzene rings is 8. The van der Waals surface area contributed by atoms with Crippen molar-refractivity contribution in [1.29, 1.82) is 0 Å². The van der Waals surface area contributed by atoms with E-state index in [4.69, 9.17) is 8.83 Å². The number of hydrogen-bond acceptors (Lipinski definition) is 2. The number of rotatable bonds is 0. The largest absolute Gasteiger partial charge is 0.456 e. The van der Waals surface area contributed by atoms with Crippen LogP contribution in [0.25, 0.3) is 110 Å². The molecule has 0 saturated heterocycles. The maximum Gasteiger partial charge on any atom is 0.252 e. The third-order valence-corrected chi connectivity index (χ3v) is 12.1. The Balaban J connectivity index is 1.22. The summed E-state index contributed by atoms with van der Waals surface area (Å²) in [7, 11) is 0. The number of hydrogen-bond donors (Lipinski definition) is 0. The molecule has 14 rings (SSSR count). The molecule has 0 bridgehead atoms. The Morgan fingerprint density at radius 2 is 1.12 bits per heavy atom. The topological polar surface area (TPSA) is 36.1 Å². The van der Waals surface area contributed by atoms with Crippen molar-refractivity contribution in [2.75, 3.05) is 0 Å². The standard InChI is InChI=1S/C46H23BN2O2/c1-2-10-25-24(9-1)21-37-42-45(25)49-35-20-19-29-26-11-3-6-18-39(26)51-46(29)41(35)30-14-8-16-34(44(30)49)47(42)33-15-7-13-28-31-22-32-27-12-4-5-17-38(27)50-40(32)23-36(31)48(37)43(28)33/h1-23H. The van der Waals surface area contributed by atoms with Crippen LogP contribution in [-0.2, 0) is 0 Å². The number of para-hydroxylation sites is 4. The summed E-state index contributed by atoms with van der Waals surface area (Å²) >= 11 is 0. The molecule has 0 atom stereocenters. The van der Waals surface area contributed by atoms with Gasteiger partial charge in [-0.05, 0) is 58.2 Å². The van der Waals surface area contributed by atoms with Crippen molar-refractivity contribution < 1.29 is 8.83 Å². The lowest BCUT2D eigenvalue weighted by molar-refractivity contribution is 0.669. The molecule has 0 radical (unpaired) electrons. The zero-order valence-corrected chi connectivity index (χ0v) is 27.1.